The fraction of sp³-hybridized carbons (Fsp3) is 0.214. The maximum atomic E-state index is 12.4. The number of benzene rings is 1. The molecule has 7 nitrogen and oxygen atoms in total. The lowest BCUT2D eigenvalue weighted by atomic mass is 10.2. The van der Waals surface area contributed by atoms with Crippen molar-refractivity contribution in [1.82, 2.24) is 19.8 Å². The van der Waals surface area contributed by atoms with Crippen molar-refractivity contribution in [3.8, 4) is 16.5 Å². The predicted octanol–water partition coefficient (Wildman–Crippen LogP) is 2.32. The number of ether oxygens (including phenoxy) is 2. The van der Waals surface area contributed by atoms with Crippen LogP contribution in [0.5, 0.6) is 11.5 Å². The summed E-state index contributed by atoms with van der Waals surface area (Å²) in [4.78, 5) is 12.4. The Hall–Kier alpha value is -2.13. The summed E-state index contributed by atoms with van der Waals surface area (Å²) in [5.74, 6) is 1.20. The van der Waals surface area contributed by atoms with Crippen LogP contribution in [0.3, 0.4) is 0 Å². The van der Waals surface area contributed by atoms with Gasteiger partial charge in [-0.15, -0.1) is 11.3 Å². The third kappa shape index (κ3) is 3.02. The highest BCUT2D eigenvalue weighted by atomic mass is 79.9. The molecule has 2 heterocycles. The van der Waals surface area contributed by atoms with E-state index in [1.165, 1.54) is 20.7 Å². The van der Waals surface area contributed by atoms with Crippen LogP contribution in [0.2, 0.25) is 0 Å². The first-order valence-corrected chi connectivity index (χ1v) is 8.28. The van der Waals surface area contributed by atoms with Gasteiger partial charge < -0.3 is 9.47 Å². The number of hydrogen-bond acceptors (Lipinski definition) is 6. The molecule has 0 bridgehead atoms. The minimum atomic E-state index is -0.297. The molecule has 0 N–H and O–H groups in total. The van der Waals surface area contributed by atoms with Gasteiger partial charge in [-0.1, -0.05) is 15.9 Å². The fourth-order valence-electron chi connectivity index (χ4n) is 2.08. The lowest BCUT2D eigenvalue weighted by molar-refractivity contribution is 0.354. The van der Waals surface area contributed by atoms with Crippen LogP contribution in [0, 0.1) is 0 Å². The second-order valence-corrected chi connectivity index (χ2v) is 6.36. The lowest BCUT2D eigenvalue weighted by Gasteiger charge is -2.11. The number of thiophene rings is 1. The van der Waals surface area contributed by atoms with E-state index in [1.807, 2.05) is 17.5 Å². The van der Waals surface area contributed by atoms with E-state index in [2.05, 4.69) is 26.4 Å². The third-order valence-corrected chi connectivity index (χ3v) is 4.81. The zero-order valence-electron chi connectivity index (χ0n) is 12.4. The van der Waals surface area contributed by atoms with Gasteiger partial charge in [0, 0.05) is 4.47 Å². The summed E-state index contributed by atoms with van der Waals surface area (Å²) in [5, 5.41) is 10.5. The zero-order valence-corrected chi connectivity index (χ0v) is 14.8. The molecule has 0 fully saturated rings. The Labute approximate surface area is 144 Å². The van der Waals surface area contributed by atoms with E-state index in [9.17, 15) is 4.79 Å². The molecule has 0 radical (unpaired) electrons. The largest absolute Gasteiger partial charge is 0.493 e. The van der Waals surface area contributed by atoms with Crippen LogP contribution < -0.4 is 15.2 Å². The summed E-state index contributed by atoms with van der Waals surface area (Å²) in [6, 6.07) is 7.27. The Bertz CT molecular complexity index is 873. The molecule has 23 heavy (non-hydrogen) atoms. The molecule has 0 unspecified atom stereocenters. The molecular weight excluding hydrogens is 384 g/mol. The van der Waals surface area contributed by atoms with Gasteiger partial charge in [0.2, 0.25) is 0 Å². The Morgan fingerprint density at radius 3 is 2.61 bits per heavy atom. The van der Waals surface area contributed by atoms with Gasteiger partial charge in [0.15, 0.2) is 11.5 Å². The van der Waals surface area contributed by atoms with Crippen LogP contribution in [0.15, 0.2) is 38.9 Å². The Morgan fingerprint density at radius 1 is 1.22 bits per heavy atom. The van der Waals surface area contributed by atoms with Gasteiger partial charge in [0.1, 0.15) is 5.00 Å². The summed E-state index contributed by atoms with van der Waals surface area (Å²) in [5.41, 5.74) is 0.539. The molecule has 1 aromatic carbocycles. The van der Waals surface area contributed by atoms with Crippen LogP contribution in [-0.2, 0) is 6.54 Å². The van der Waals surface area contributed by atoms with Crippen molar-refractivity contribution in [2.75, 3.05) is 14.2 Å². The number of rotatable bonds is 5. The van der Waals surface area contributed by atoms with E-state index in [0.717, 1.165) is 15.0 Å². The van der Waals surface area contributed by atoms with Crippen LogP contribution in [0.1, 0.15) is 5.56 Å². The number of hydrogen-bond donors (Lipinski definition) is 0. The smallest absolute Gasteiger partial charge is 0.369 e. The van der Waals surface area contributed by atoms with Crippen molar-refractivity contribution in [3.63, 3.8) is 0 Å². The predicted molar refractivity (Wildman–Crippen MR) is 89.8 cm³/mol. The Balaban J connectivity index is 1.96. The molecule has 120 valence electrons. The molecule has 0 aliphatic carbocycles. The van der Waals surface area contributed by atoms with Crippen LogP contribution in [0.4, 0.5) is 0 Å². The van der Waals surface area contributed by atoms with Crippen molar-refractivity contribution < 1.29 is 9.47 Å². The normalized spacial score (nSPS) is 10.7. The highest BCUT2D eigenvalue weighted by Crippen LogP contribution is 2.33. The average molecular weight is 397 g/mol. The van der Waals surface area contributed by atoms with E-state index in [-0.39, 0.29) is 12.2 Å². The molecule has 0 aliphatic heterocycles. The fourth-order valence-corrected chi connectivity index (χ4v) is 3.20. The van der Waals surface area contributed by atoms with E-state index in [0.29, 0.717) is 11.5 Å². The minimum absolute atomic E-state index is 0.269. The van der Waals surface area contributed by atoms with Gasteiger partial charge in [0.05, 0.1) is 20.8 Å². The van der Waals surface area contributed by atoms with E-state index in [1.54, 1.807) is 26.4 Å². The average Bonchev–Trinajstić information content (AvgIpc) is 3.19. The first kappa shape index (κ1) is 15.8. The van der Waals surface area contributed by atoms with Crippen LogP contribution >= 0.6 is 27.3 Å². The summed E-state index contributed by atoms with van der Waals surface area (Å²) in [6.07, 6.45) is 0. The summed E-state index contributed by atoms with van der Waals surface area (Å²) in [7, 11) is 3.13. The molecule has 2 aromatic heterocycles. The molecule has 0 spiro atoms. The lowest BCUT2D eigenvalue weighted by Crippen LogP contribution is -2.24. The van der Waals surface area contributed by atoms with Gasteiger partial charge in [-0.3, -0.25) is 0 Å². The standard InChI is InChI=1S/C14H13BrN4O3S/c1-21-11-6-9(10(15)7-12(11)22-2)8-18-14(20)19(17-16-18)13-4-3-5-23-13/h3-7H,8H2,1-2H3. The number of halogens is 1. The van der Waals surface area contributed by atoms with Crippen molar-refractivity contribution in [3.05, 3.63) is 50.2 Å². The van der Waals surface area contributed by atoms with Gasteiger partial charge in [-0.2, -0.15) is 9.36 Å². The van der Waals surface area contributed by atoms with Crippen molar-refractivity contribution in [1.29, 1.82) is 0 Å². The number of aromatic nitrogens is 4. The molecule has 9 heteroatoms. The molecule has 0 amide bonds. The SMILES string of the molecule is COc1cc(Br)c(Cn2nnn(-c3cccs3)c2=O)cc1OC. The number of tetrazole rings is 1. The third-order valence-electron chi connectivity index (χ3n) is 3.23. The van der Waals surface area contributed by atoms with Crippen molar-refractivity contribution >= 4 is 27.3 Å². The molecule has 3 aromatic rings. The zero-order chi connectivity index (χ0) is 16.4. The highest BCUT2D eigenvalue weighted by molar-refractivity contribution is 9.10. The van der Waals surface area contributed by atoms with E-state index in [4.69, 9.17) is 9.47 Å². The number of nitrogens with zero attached hydrogens (tertiary/aromatic N) is 4. The number of methoxy groups -OCH3 is 2. The summed E-state index contributed by atoms with van der Waals surface area (Å²) >= 11 is 4.90. The Morgan fingerprint density at radius 2 is 1.96 bits per heavy atom. The van der Waals surface area contributed by atoms with Gasteiger partial charge >= 0.3 is 5.69 Å². The maximum Gasteiger partial charge on any atom is 0.369 e. The molecule has 0 atom stereocenters. The van der Waals surface area contributed by atoms with Gasteiger partial charge in [0.25, 0.3) is 0 Å². The topological polar surface area (TPSA) is 71.2 Å². The highest BCUT2D eigenvalue weighted by Gasteiger charge is 2.14. The van der Waals surface area contributed by atoms with E-state index < -0.39 is 0 Å². The molecule has 3 rings (SSSR count). The Kier molecular flexibility index (Phi) is 4.49. The van der Waals surface area contributed by atoms with Crippen LogP contribution in [0.25, 0.3) is 5.00 Å². The summed E-state index contributed by atoms with van der Waals surface area (Å²) < 4.78 is 13.9. The maximum absolute atomic E-state index is 12.4. The summed E-state index contributed by atoms with van der Waals surface area (Å²) in [6.45, 7) is 0.269. The van der Waals surface area contributed by atoms with Crippen LogP contribution in [-0.4, -0.2) is 34.0 Å². The molecule has 0 saturated heterocycles. The molecule has 0 saturated carbocycles. The molecular formula is C14H13BrN4O3S. The monoisotopic (exact) mass is 396 g/mol. The van der Waals surface area contributed by atoms with Crippen molar-refractivity contribution in [2.45, 2.75) is 6.54 Å². The molecule has 0 aliphatic rings. The minimum Gasteiger partial charge on any atom is -0.493 e. The quantitative estimate of drug-likeness (QED) is 0.661. The van der Waals surface area contributed by atoms with Gasteiger partial charge in [-0.25, -0.2) is 4.79 Å². The van der Waals surface area contributed by atoms with Gasteiger partial charge in [-0.05, 0) is 45.6 Å². The second-order valence-electron chi connectivity index (χ2n) is 4.58. The van der Waals surface area contributed by atoms with E-state index >= 15 is 0 Å². The van der Waals surface area contributed by atoms with Crippen molar-refractivity contribution in [2.24, 2.45) is 0 Å². The second kappa shape index (κ2) is 6.55. The first-order valence-electron chi connectivity index (χ1n) is 6.61. The first-order chi connectivity index (χ1) is 11.1.